The summed E-state index contributed by atoms with van der Waals surface area (Å²) in [5, 5.41) is 6.70. The van der Waals surface area contributed by atoms with Crippen molar-refractivity contribution in [3.63, 3.8) is 0 Å². The topological polar surface area (TPSA) is 75.0 Å². The van der Waals surface area contributed by atoms with E-state index in [0.29, 0.717) is 35.6 Å². The van der Waals surface area contributed by atoms with Crippen LogP contribution in [0.2, 0.25) is 0 Å². The van der Waals surface area contributed by atoms with E-state index in [1.807, 2.05) is 11.8 Å². The molecule has 4 rings (SSSR count). The highest BCUT2D eigenvalue weighted by molar-refractivity contribution is 5.95. The second-order valence-electron chi connectivity index (χ2n) is 6.16. The average Bonchev–Trinajstić information content (AvgIpc) is 3.20. The number of oxazole rings is 1. The normalized spacial score (nSPS) is 18.2. The first-order valence-corrected chi connectivity index (χ1v) is 7.97. The smallest absolute Gasteiger partial charge is 0.257 e. The number of H-pyrrole nitrogens is 1. The van der Waals surface area contributed by atoms with Crippen LogP contribution in [0.25, 0.3) is 11.1 Å². The van der Waals surface area contributed by atoms with Crippen LogP contribution in [0.5, 0.6) is 0 Å². The van der Waals surface area contributed by atoms with Gasteiger partial charge in [-0.2, -0.15) is 5.10 Å². The Balaban J connectivity index is 1.57. The third-order valence-electron chi connectivity index (χ3n) is 4.49. The fraction of sp³-hybridized carbons (Fsp3) is 0.353. The van der Waals surface area contributed by atoms with E-state index in [4.69, 9.17) is 4.42 Å². The molecule has 7 heteroatoms. The first kappa shape index (κ1) is 14.9. The number of rotatable bonds is 2. The number of benzene rings is 1. The number of piperidine rings is 1. The van der Waals surface area contributed by atoms with Crippen molar-refractivity contribution in [2.45, 2.75) is 25.7 Å². The summed E-state index contributed by atoms with van der Waals surface area (Å²) < 4.78 is 19.0. The molecule has 1 aliphatic heterocycles. The monoisotopic (exact) mass is 328 g/mol. The molecule has 0 bridgehead atoms. The summed E-state index contributed by atoms with van der Waals surface area (Å²) in [4.78, 5) is 18.9. The van der Waals surface area contributed by atoms with Crippen molar-refractivity contribution in [1.29, 1.82) is 0 Å². The molecule has 1 atom stereocenters. The van der Waals surface area contributed by atoms with E-state index in [9.17, 15) is 9.18 Å². The maximum absolute atomic E-state index is 13.3. The summed E-state index contributed by atoms with van der Waals surface area (Å²) in [6.07, 6.45) is 3.33. The Labute approximate surface area is 137 Å². The predicted octanol–water partition coefficient (Wildman–Crippen LogP) is 3.02. The Hall–Kier alpha value is -2.70. The second-order valence-corrected chi connectivity index (χ2v) is 6.16. The van der Waals surface area contributed by atoms with Crippen LogP contribution in [0, 0.1) is 12.7 Å². The van der Waals surface area contributed by atoms with Crippen molar-refractivity contribution in [2.75, 3.05) is 13.1 Å². The molecule has 2 aromatic heterocycles. The Morgan fingerprint density at radius 1 is 1.46 bits per heavy atom. The van der Waals surface area contributed by atoms with Crippen LogP contribution in [-0.4, -0.2) is 39.1 Å². The standard InChI is InChI=1S/C17H17FN4O2/c1-10-13(8-19-21-10)17(23)22-6-2-3-11(9-22)16-20-14-5-4-12(18)7-15(14)24-16/h4-5,7-8,11H,2-3,6,9H2,1H3,(H,19,21). The van der Waals surface area contributed by atoms with Crippen molar-refractivity contribution in [3.05, 3.63) is 47.4 Å². The van der Waals surface area contributed by atoms with Crippen molar-refractivity contribution >= 4 is 17.0 Å². The third kappa shape index (κ3) is 2.55. The van der Waals surface area contributed by atoms with Crippen LogP contribution in [0.3, 0.4) is 0 Å². The van der Waals surface area contributed by atoms with Crippen LogP contribution in [0.15, 0.2) is 28.8 Å². The van der Waals surface area contributed by atoms with Gasteiger partial charge >= 0.3 is 0 Å². The van der Waals surface area contributed by atoms with E-state index in [-0.39, 0.29) is 17.6 Å². The van der Waals surface area contributed by atoms with Crippen LogP contribution in [0.1, 0.15) is 40.7 Å². The lowest BCUT2D eigenvalue weighted by Crippen LogP contribution is -2.39. The van der Waals surface area contributed by atoms with Gasteiger partial charge in [0.2, 0.25) is 0 Å². The number of hydrogen-bond donors (Lipinski definition) is 1. The Kier molecular flexibility index (Phi) is 3.55. The Bertz CT molecular complexity index is 901. The molecule has 124 valence electrons. The molecule has 1 fully saturated rings. The van der Waals surface area contributed by atoms with Gasteiger partial charge in [-0.05, 0) is 31.9 Å². The number of nitrogens with one attached hydrogen (secondary N) is 1. The molecule has 0 aliphatic carbocycles. The van der Waals surface area contributed by atoms with E-state index in [1.54, 1.807) is 12.3 Å². The van der Waals surface area contributed by atoms with Gasteiger partial charge < -0.3 is 9.32 Å². The molecule has 1 unspecified atom stereocenters. The zero-order valence-electron chi connectivity index (χ0n) is 13.3. The SMILES string of the molecule is Cc1[nH]ncc1C(=O)N1CCCC(c2nc3ccc(F)cc3o2)C1. The van der Waals surface area contributed by atoms with Crippen LogP contribution < -0.4 is 0 Å². The number of carbonyl (C=O) groups is 1. The second kappa shape index (κ2) is 5.74. The minimum absolute atomic E-state index is 0.0189. The Morgan fingerprint density at radius 2 is 2.33 bits per heavy atom. The summed E-state index contributed by atoms with van der Waals surface area (Å²) >= 11 is 0. The molecule has 1 N–H and O–H groups in total. The number of fused-ring (bicyclic) bond motifs is 1. The molecule has 24 heavy (non-hydrogen) atoms. The molecule has 0 radical (unpaired) electrons. The van der Waals surface area contributed by atoms with Crippen molar-refractivity contribution in [3.8, 4) is 0 Å². The van der Waals surface area contributed by atoms with E-state index in [0.717, 1.165) is 18.5 Å². The van der Waals surface area contributed by atoms with Gasteiger partial charge in [-0.25, -0.2) is 9.37 Å². The summed E-state index contributed by atoms with van der Waals surface area (Å²) in [7, 11) is 0. The van der Waals surface area contributed by atoms with Crippen molar-refractivity contribution in [2.24, 2.45) is 0 Å². The summed E-state index contributed by atoms with van der Waals surface area (Å²) in [6, 6.07) is 4.32. The van der Waals surface area contributed by atoms with Crippen LogP contribution in [-0.2, 0) is 0 Å². The molecule has 3 heterocycles. The van der Waals surface area contributed by atoms with E-state index < -0.39 is 0 Å². The van der Waals surface area contributed by atoms with Gasteiger partial charge in [-0.1, -0.05) is 0 Å². The number of likely N-dealkylation sites (tertiary alicyclic amines) is 1. The molecule has 3 aromatic rings. The van der Waals surface area contributed by atoms with Crippen LogP contribution >= 0.6 is 0 Å². The molecule has 0 saturated carbocycles. The maximum Gasteiger partial charge on any atom is 0.257 e. The fourth-order valence-corrected chi connectivity index (χ4v) is 3.19. The van der Waals surface area contributed by atoms with Crippen molar-refractivity contribution < 1.29 is 13.6 Å². The van der Waals surface area contributed by atoms with E-state index >= 15 is 0 Å². The summed E-state index contributed by atoms with van der Waals surface area (Å²) in [5.74, 6) is 0.205. The van der Waals surface area contributed by atoms with E-state index in [1.165, 1.54) is 12.1 Å². The number of hydrogen-bond acceptors (Lipinski definition) is 4. The lowest BCUT2D eigenvalue weighted by atomic mass is 9.97. The highest BCUT2D eigenvalue weighted by Crippen LogP contribution is 2.30. The highest BCUT2D eigenvalue weighted by atomic mass is 19.1. The van der Waals surface area contributed by atoms with Gasteiger partial charge in [0.25, 0.3) is 5.91 Å². The highest BCUT2D eigenvalue weighted by Gasteiger charge is 2.29. The molecule has 1 saturated heterocycles. The average molecular weight is 328 g/mol. The number of aromatic nitrogens is 3. The zero-order valence-corrected chi connectivity index (χ0v) is 13.3. The van der Waals surface area contributed by atoms with Gasteiger partial charge in [0.1, 0.15) is 11.3 Å². The quantitative estimate of drug-likeness (QED) is 0.784. The summed E-state index contributed by atoms with van der Waals surface area (Å²) in [6.45, 7) is 3.07. The van der Waals surface area contributed by atoms with Crippen molar-refractivity contribution in [1.82, 2.24) is 20.1 Å². The van der Waals surface area contributed by atoms with E-state index in [2.05, 4.69) is 15.2 Å². The maximum atomic E-state index is 13.3. The molecule has 1 aliphatic rings. The lowest BCUT2D eigenvalue weighted by Gasteiger charge is -2.31. The molecule has 1 amide bonds. The first-order chi connectivity index (χ1) is 11.6. The number of carbonyl (C=O) groups excluding carboxylic acids is 1. The molecular formula is C17H17FN4O2. The molecule has 1 aromatic carbocycles. The lowest BCUT2D eigenvalue weighted by molar-refractivity contribution is 0.0698. The van der Waals surface area contributed by atoms with Gasteiger partial charge in [0.05, 0.1) is 17.7 Å². The molecule has 0 spiro atoms. The molecule has 6 nitrogen and oxygen atoms in total. The fourth-order valence-electron chi connectivity index (χ4n) is 3.19. The number of amides is 1. The minimum Gasteiger partial charge on any atom is -0.440 e. The Morgan fingerprint density at radius 3 is 3.12 bits per heavy atom. The number of aromatic amines is 1. The minimum atomic E-state index is -0.346. The predicted molar refractivity (Wildman–Crippen MR) is 85.2 cm³/mol. The number of nitrogens with zero attached hydrogens (tertiary/aromatic N) is 3. The van der Waals surface area contributed by atoms with Gasteiger partial charge in [-0.15, -0.1) is 0 Å². The molecular weight excluding hydrogens is 311 g/mol. The van der Waals surface area contributed by atoms with Gasteiger partial charge in [0.15, 0.2) is 11.5 Å². The summed E-state index contributed by atoms with van der Waals surface area (Å²) in [5.41, 5.74) is 2.44. The largest absolute Gasteiger partial charge is 0.440 e. The third-order valence-corrected chi connectivity index (χ3v) is 4.49. The van der Waals surface area contributed by atoms with Gasteiger partial charge in [-0.3, -0.25) is 9.89 Å². The first-order valence-electron chi connectivity index (χ1n) is 7.97. The van der Waals surface area contributed by atoms with Gasteiger partial charge in [0, 0.05) is 24.8 Å². The number of aryl methyl sites for hydroxylation is 1. The number of halogens is 1. The zero-order chi connectivity index (χ0) is 16.7. The van der Waals surface area contributed by atoms with Crippen LogP contribution in [0.4, 0.5) is 4.39 Å².